The molecule has 0 radical (unpaired) electrons. The molecule has 2 rings (SSSR count). The van der Waals surface area contributed by atoms with E-state index in [2.05, 4.69) is 28.2 Å². The van der Waals surface area contributed by atoms with Gasteiger partial charge in [0.2, 0.25) is 5.91 Å². The van der Waals surface area contributed by atoms with E-state index in [0.717, 1.165) is 36.6 Å². The van der Waals surface area contributed by atoms with Crippen molar-refractivity contribution in [1.82, 2.24) is 5.32 Å². The van der Waals surface area contributed by atoms with Gasteiger partial charge in [0.1, 0.15) is 0 Å². The Bertz CT molecular complexity index is 286. The Morgan fingerprint density at radius 1 is 1.05 bits per heavy atom. The normalized spacial score (nSPS) is 35.9. The van der Waals surface area contributed by atoms with Crippen LogP contribution in [0.4, 0.5) is 0 Å². The van der Waals surface area contributed by atoms with E-state index in [1.54, 1.807) is 0 Å². The van der Waals surface area contributed by atoms with Gasteiger partial charge in [-0.15, -0.1) is 0 Å². The van der Waals surface area contributed by atoms with Crippen molar-refractivity contribution in [1.29, 1.82) is 0 Å². The van der Waals surface area contributed by atoms with Crippen molar-refractivity contribution in [3.63, 3.8) is 0 Å². The number of hydrogen-bond donors (Lipinski definition) is 1. The van der Waals surface area contributed by atoms with Crippen LogP contribution in [0.15, 0.2) is 0 Å². The van der Waals surface area contributed by atoms with Gasteiger partial charge in [-0.2, -0.15) is 0 Å². The van der Waals surface area contributed by atoms with Crippen LogP contribution < -0.4 is 5.32 Å². The third kappa shape index (κ3) is 4.47. The van der Waals surface area contributed by atoms with E-state index < -0.39 is 0 Å². The molecule has 2 atom stereocenters. The van der Waals surface area contributed by atoms with Crippen molar-refractivity contribution in [3.05, 3.63) is 0 Å². The molecule has 3 heteroatoms. The van der Waals surface area contributed by atoms with E-state index in [1.165, 1.54) is 38.5 Å². The molecule has 19 heavy (non-hydrogen) atoms. The van der Waals surface area contributed by atoms with Gasteiger partial charge in [-0.3, -0.25) is 4.79 Å². The quantitative estimate of drug-likeness (QED) is 0.772. The van der Waals surface area contributed by atoms with Crippen molar-refractivity contribution < 1.29 is 4.79 Å². The lowest BCUT2D eigenvalue weighted by Crippen LogP contribution is -2.38. The van der Waals surface area contributed by atoms with Gasteiger partial charge in [-0.05, 0) is 56.3 Å². The number of halogens is 1. The summed E-state index contributed by atoms with van der Waals surface area (Å²) in [5.41, 5.74) is 0. The van der Waals surface area contributed by atoms with Gasteiger partial charge in [0, 0.05) is 17.8 Å². The minimum Gasteiger partial charge on any atom is -0.356 e. The third-order valence-electron chi connectivity index (χ3n) is 5.19. The summed E-state index contributed by atoms with van der Waals surface area (Å²) < 4.78 is 0. The van der Waals surface area contributed by atoms with Crippen LogP contribution in [-0.2, 0) is 4.79 Å². The molecule has 2 nitrogen and oxygen atoms in total. The molecule has 2 fully saturated rings. The molecule has 110 valence electrons. The van der Waals surface area contributed by atoms with Crippen LogP contribution in [0.1, 0.15) is 58.3 Å². The first kappa shape index (κ1) is 15.3. The molecule has 0 aromatic rings. The number of nitrogens with one attached hydrogen (secondary N) is 1. The van der Waals surface area contributed by atoms with E-state index in [0.29, 0.717) is 17.7 Å². The predicted molar refractivity (Wildman–Crippen MR) is 83.4 cm³/mol. The number of carbonyl (C=O) groups excluding carboxylic acids is 1. The zero-order valence-electron chi connectivity index (χ0n) is 12.2. The molecule has 1 amide bonds. The Morgan fingerprint density at radius 2 is 1.68 bits per heavy atom. The van der Waals surface area contributed by atoms with Gasteiger partial charge in [-0.1, -0.05) is 35.7 Å². The summed E-state index contributed by atoms with van der Waals surface area (Å²) in [4.78, 5) is 12.2. The average molecular weight is 330 g/mol. The topological polar surface area (TPSA) is 29.1 Å². The Labute approximate surface area is 126 Å². The minimum absolute atomic E-state index is 0.294. The van der Waals surface area contributed by atoms with Crippen LogP contribution in [0.5, 0.6) is 0 Å². The maximum atomic E-state index is 12.2. The molecule has 0 heterocycles. The van der Waals surface area contributed by atoms with Gasteiger partial charge < -0.3 is 5.32 Å². The molecule has 0 aromatic carbocycles. The number of carbonyl (C=O) groups is 1. The maximum absolute atomic E-state index is 12.2. The van der Waals surface area contributed by atoms with Crippen LogP contribution in [-0.4, -0.2) is 17.8 Å². The van der Waals surface area contributed by atoms with Crippen LogP contribution >= 0.6 is 15.9 Å². The average Bonchev–Trinajstić information content (AvgIpc) is 2.45. The lowest BCUT2D eigenvalue weighted by molar-refractivity contribution is -0.126. The summed E-state index contributed by atoms with van der Waals surface area (Å²) >= 11 is 3.63. The summed E-state index contributed by atoms with van der Waals surface area (Å²) in [6, 6.07) is 0. The summed E-state index contributed by atoms with van der Waals surface area (Å²) in [7, 11) is 0. The second-order valence-corrected chi connectivity index (χ2v) is 7.31. The monoisotopic (exact) mass is 329 g/mol. The van der Waals surface area contributed by atoms with Gasteiger partial charge in [-0.25, -0.2) is 0 Å². The molecule has 2 saturated carbocycles. The molecule has 0 aliphatic heterocycles. The van der Waals surface area contributed by atoms with Crippen LogP contribution in [0.3, 0.4) is 0 Å². The van der Waals surface area contributed by atoms with Crippen molar-refractivity contribution in [2.24, 2.45) is 23.7 Å². The van der Waals surface area contributed by atoms with E-state index in [1.807, 2.05) is 0 Å². The number of rotatable bonds is 4. The van der Waals surface area contributed by atoms with Gasteiger partial charge in [0.05, 0.1) is 0 Å². The van der Waals surface area contributed by atoms with E-state index in [-0.39, 0.29) is 0 Å². The molecule has 0 bridgehead atoms. The fourth-order valence-electron chi connectivity index (χ4n) is 3.65. The second kappa shape index (κ2) is 7.66. The molecular formula is C16H28BrNO. The number of amides is 1. The zero-order chi connectivity index (χ0) is 13.7. The molecular weight excluding hydrogens is 302 g/mol. The fraction of sp³-hybridized carbons (Fsp3) is 0.938. The predicted octanol–water partition coefficient (Wildman–Crippen LogP) is 4.13. The lowest BCUT2D eigenvalue weighted by atomic mass is 9.80. The highest BCUT2D eigenvalue weighted by molar-refractivity contribution is 9.09. The summed E-state index contributed by atoms with van der Waals surface area (Å²) in [6.07, 6.45) is 9.97. The highest BCUT2D eigenvalue weighted by Crippen LogP contribution is 2.31. The molecule has 2 aliphatic carbocycles. The summed E-state index contributed by atoms with van der Waals surface area (Å²) in [6.45, 7) is 3.21. The molecule has 2 unspecified atom stereocenters. The highest BCUT2D eigenvalue weighted by atomic mass is 79.9. The first-order valence-electron chi connectivity index (χ1n) is 8.04. The standard InChI is InChI=1S/C16H28BrNO/c1-12-6-8-13(9-7-12)16(19)18-11-15-5-3-2-4-14(15)10-17/h12-15H,2-11H2,1H3,(H,18,19). The Hall–Kier alpha value is -0.0500. The maximum Gasteiger partial charge on any atom is 0.223 e. The van der Waals surface area contributed by atoms with E-state index in [4.69, 9.17) is 0 Å². The molecule has 0 saturated heterocycles. The second-order valence-electron chi connectivity index (χ2n) is 6.66. The first-order chi connectivity index (χ1) is 9.20. The van der Waals surface area contributed by atoms with Crippen molar-refractivity contribution >= 4 is 21.8 Å². The lowest BCUT2D eigenvalue weighted by Gasteiger charge is -2.31. The smallest absolute Gasteiger partial charge is 0.223 e. The fourth-order valence-corrected chi connectivity index (χ4v) is 4.51. The molecule has 0 spiro atoms. The number of alkyl halides is 1. The van der Waals surface area contributed by atoms with E-state index in [9.17, 15) is 4.79 Å². The molecule has 2 aliphatic rings. The van der Waals surface area contributed by atoms with Crippen molar-refractivity contribution in [2.45, 2.75) is 58.3 Å². The van der Waals surface area contributed by atoms with Crippen LogP contribution in [0, 0.1) is 23.7 Å². The van der Waals surface area contributed by atoms with Crippen LogP contribution in [0.25, 0.3) is 0 Å². The van der Waals surface area contributed by atoms with Crippen molar-refractivity contribution in [3.8, 4) is 0 Å². The van der Waals surface area contributed by atoms with Gasteiger partial charge in [0.25, 0.3) is 0 Å². The SMILES string of the molecule is CC1CCC(C(=O)NCC2CCCCC2CBr)CC1. The van der Waals surface area contributed by atoms with Gasteiger partial charge >= 0.3 is 0 Å². The number of hydrogen-bond acceptors (Lipinski definition) is 1. The molecule has 0 aromatic heterocycles. The molecule has 1 N–H and O–H groups in total. The van der Waals surface area contributed by atoms with Crippen molar-refractivity contribution in [2.75, 3.05) is 11.9 Å². The summed E-state index contributed by atoms with van der Waals surface area (Å²) in [5, 5.41) is 4.33. The van der Waals surface area contributed by atoms with Crippen LogP contribution in [0.2, 0.25) is 0 Å². The first-order valence-corrected chi connectivity index (χ1v) is 9.16. The summed E-state index contributed by atoms with van der Waals surface area (Å²) in [5.74, 6) is 2.90. The third-order valence-corrected chi connectivity index (χ3v) is 6.02. The Morgan fingerprint density at radius 3 is 2.32 bits per heavy atom. The minimum atomic E-state index is 0.294. The Kier molecular flexibility index (Phi) is 6.18. The zero-order valence-corrected chi connectivity index (χ0v) is 13.8. The van der Waals surface area contributed by atoms with E-state index >= 15 is 0 Å². The van der Waals surface area contributed by atoms with Gasteiger partial charge in [0.15, 0.2) is 0 Å². The largest absolute Gasteiger partial charge is 0.356 e. The highest BCUT2D eigenvalue weighted by Gasteiger charge is 2.27. The Balaban J connectivity index is 1.73.